The van der Waals surface area contributed by atoms with Crippen molar-refractivity contribution in [1.29, 1.82) is 0 Å². The van der Waals surface area contributed by atoms with Crippen molar-refractivity contribution in [3.05, 3.63) is 80.1 Å². The molecule has 3 fully saturated rings. The Balaban J connectivity index is 1.34. The number of carbonyl (C=O) groups excluding carboxylic acids is 4. The molecule has 1 aromatic heterocycles. The second-order valence-electron chi connectivity index (χ2n) is 14.9. The molecule has 14 nitrogen and oxygen atoms in total. The summed E-state index contributed by atoms with van der Waals surface area (Å²) >= 11 is 0. The minimum atomic E-state index is -3.92. The van der Waals surface area contributed by atoms with E-state index >= 15 is 0 Å². The second kappa shape index (κ2) is 14.8. The monoisotopic (exact) mass is 759 g/mol. The lowest BCUT2D eigenvalue weighted by atomic mass is 9.85. The summed E-state index contributed by atoms with van der Waals surface area (Å²) in [6.07, 6.45) is 1.81. The van der Waals surface area contributed by atoms with E-state index in [-0.39, 0.29) is 19.4 Å². The van der Waals surface area contributed by atoms with E-state index in [0.29, 0.717) is 40.9 Å². The van der Waals surface area contributed by atoms with E-state index in [2.05, 4.69) is 28.5 Å². The number of rotatable bonds is 13. The lowest BCUT2D eigenvalue weighted by molar-refractivity contribution is -0.142. The van der Waals surface area contributed by atoms with E-state index in [1.54, 1.807) is 46.1 Å². The molecule has 3 aromatic rings. The van der Waals surface area contributed by atoms with E-state index in [9.17, 15) is 27.6 Å². The molecular formula is C39H45N5O9S. The van der Waals surface area contributed by atoms with Crippen LogP contribution in [0, 0.1) is 11.3 Å². The summed E-state index contributed by atoms with van der Waals surface area (Å²) in [5, 5.41) is 5.40. The Morgan fingerprint density at radius 2 is 1.78 bits per heavy atom. The fourth-order valence-electron chi connectivity index (χ4n) is 6.77. The molecule has 0 bridgehead atoms. The number of nitrogens with zero attached hydrogens (tertiary/aromatic N) is 2. The molecule has 0 spiro atoms. The van der Waals surface area contributed by atoms with Gasteiger partial charge in [0.25, 0.3) is 5.91 Å². The van der Waals surface area contributed by atoms with Crippen LogP contribution in [0.4, 0.5) is 4.79 Å². The summed E-state index contributed by atoms with van der Waals surface area (Å²) in [4.78, 5) is 61.1. The molecule has 15 heteroatoms. The van der Waals surface area contributed by atoms with Crippen LogP contribution in [0.2, 0.25) is 0 Å². The van der Waals surface area contributed by atoms with Gasteiger partial charge in [0.1, 0.15) is 35.2 Å². The number of fused-ring (bicyclic) bond motifs is 1. The Labute approximate surface area is 314 Å². The van der Waals surface area contributed by atoms with Crippen LogP contribution in [-0.4, -0.2) is 84.7 Å². The lowest BCUT2D eigenvalue weighted by Crippen LogP contribution is -2.60. The van der Waals surface area contributed by atoms with Crippen molar-refractivity contribution < 1.29 is 41.8 Å². The first-order valence-corrected chi connectivity index (χ1v) is 19.2. The first kappa shape index (κ1) is 38.3. The number of hydrogen-bond donors (Lipinski definition) is 3. The topological polar surface area (TPSA) is 182 Å². The van der Waals surface area contributed by atoms with Crippen LogP contribution in [0.5, 0.6) is 11.5 Å². The van der Waals surface area contributed by atoms with E-state index < -0.39 is 74.1 Å². The predicted molar refractivity (Wildman–Crippen MR) is 201 cm³/mol. The third kappa shape index (κ3) is 7.91. The van der Waals surface area contributed by atoms with Gasteiger partial charge in [-0.15, -0.1) is 6.58 Å². The van der Waals surface area contributed by atoms with Gasteiger partial charge in [-0.3, -0.25) is 19.1 Å². The quantitative estimate of drug-likeness (QED) is 0.169. The van der Waals surface area contributed by atoms with E-state index in [1.807, 2.05) is 36.4 Å². The van der Waals surface area contributed by atoms with Gasteiger partial charge in [-0.25, -0.2) is 18.2 Å². The van der Waals surface area contributed by atoms with Crippen molar-refractivity contribution in [2.45, 2.75) is 75.4 Å². The molecule has 2 aliphatic carbocycles. The Hall–Kier alpha value is -5.44. The number of alkyl carbamates (subject to hydrolysis) is 1. The molecule has 2 heterocycles. The van der Waals surface area contributed by atoms with Crippen LogP contribution in [-0.2, 0) is 29.1 Å². The molecule has 2 saturated carbocycles. The molecule has 3 N–H and O–H groups in total. The highest BCUT2D eigenvalue weighted by molar-refractivity contribution is 7.91. The maximum Gasteiger partial charge on any atom is 0.412 e. The van der Waals surface area contributed by atoms with Crippen molar-refractivity contribution in [3.8, 4) is 22.8 Å². The molecule has 4 amide bonds. The van der Waals surface area contributed by atoms with Crippen molar-refractivity contribution in [3.63, 3.8) is 0 Å². The number of aromatic nitrogens is 1. The average Bonchev–Trinajstić information content (AvgIpc) is 4.06. The number of benzene rings is 2. The van der Waals surface area contributed by atoms with Gasteiger partial charge in [-0.05, 0) is 36.8 Å². The number of methoxy groups -OCH3 is 1. The number of nitrogens with one attached hydrogen (secondary N) is 3. The van der Waals surface area contributed by atoms with E-state index in [0.717, 1.165) is 11.8 Å². The Morgan fingerprint density at radius 3 is 2.39 bits per heavy atom. The number of sulfonamides is 1. The normalized spacial score (nSPS) is 22.7. The van der Waals surface area contributed by atoms with Gasteiger partial charge in [-0.1, -0.05) is 63.8 Å². The first-order valence-electron chi connectivity index (χ1n) is 17.7. The van der Waals surface area contributed by atoms with Crippen molar-refractivity contribution in [2.75, 3.05) is 13.7 Å². The molecule has 5 atom stereocenters. The lowest BCUT2D eigenvalue weighted by Gasteiger charge is -2.35. The maximum absolute atomic E-state index is 14.5. The van der Waals surface area contributed by atoms with Gasteiger partial charge in [0, 0.05) is 35.4 Å². The van der Waals surface area contributed by atoms with Crippen LogP contribution in [0.1, 0.15) is 46.5 Å². The summed E-state index contributed by atoms with van der Waals surface area (Å²) in [6.45, 7) is 12.4. The minimum Gasteiger partial charge on any atom is -0.497 e. The van der Waals surface area contributed by atoms with E-state index in [1.165, 1.54) is 11.0 Å². The van der Waals surface area contributed by atoms with Crippen molar-refractivity contribution in [1.82, 2.24) is 25.2 Å². The van der Waals surface area contributed by atoms with Crippen LogP contribution < -0.4 is 24.8 Å². The molecule has 1 unspecified atom stereocenters. The number of hydrogen-bond acceptors (Lipinski definition) is 10. The molecule has 3 aliphatic rings. The molecule has 6 rings (SSSR count). The van der Waals surface area contributed by atoms with Crippen molar-refractivity contribution >= 4 is 44.7 Å². The summed E-state index contributed by atoms with van der Waals surface area (Å²) in [7, 11) is -2.36. The fraction of sp³-hybridized carbons (Fsp3) is 0.410. The summed E-state index contributed by atoms with van der Waals surface area (Å²) in [5.41, 5.74) is -0.351. The number of likely N-dealkylation sites (tertiary alicyclic amines) is 1. The Morgan fingerprint density at radius 1 is 1.06 bits per heavy atom. The second-order valence-corrected chi connectivity index (χ2v) is 16.9. The molecule has 0 radical (unpaired) electrons. The maximum atomic E-state index is 14.5. The van der Waals surface area contributed by atoms with Crippen LogP contribution in [0.3, 0.4) is 0 Å². The molecule has 1 saturated heterocycles. The average molecular weight is 760 g/mol. The molecular weight excluding hydrogens is 715 g/mol. The van der Waals surface area contributed by atoms with Crippen LogP contribution in [0.25, 0.3) is 22.2 Å². The number of amides is 4. The molecule has 2 aromatic carbocycles. The third-order valence-corrected chi connectivity index (χ3v) is 11.8. The van der Waals surface area contributed by atoms with Gasteiger partial charge < -0.3 is 29.7 Å². The highest BCUT2D eigenvalue weighted by Crippen LogP contribution is 2.46. The largest absolute Gasteiger partial charge is 0.497 e. The van der Waals surface area contributed by atoms with Gasteiger partial charge in [-0.2, -0.15) is 0 Å². The Bertz CT molecular complexity index is 2100. The Kier molecular flexibility index (Phi) is 10.5. The first-order chi connectivity index (χ1) is 25.6. The zero-order valence-corrected chi connectivity index (χ0v) is 31.5. The minimum absolute atomic E-state index is 0.00299. The highest BCUT2D eigenvalue weighted by Gasteiger charge is 2.62. The van der Waals surface area contributed by atoms with E-state index in [4.69, 9.17) is 19.2 Å². The highest BCUT2D eigenvalue weighted by atomic mass is 32.2. The van der Waals surface area contributed by atoms with Gasteiger partial charge >= 0.3 is 6.09 Å². The SMILES string of the molecule is C=COC(=O)N[C@H](C(=O)N1C[C@H](Oc2cc(-c3ccccc3)nc3cc(OC)ccc23)CC1C(=O)N[C@]1(C(=O)NS(=O)(=O)C2CC2)C[C@H]1C=C)C(C)(C)C. The predicted octanol–water partition coefficient (Wildman–Crippen LogP) is 4.21. The summed E-state index contributed by atoms with van der Waals surface area (Å²) < 4.78 is 44.6. The molecule has 1 aliphatic heterocycles. The van der Waals surface area contributed by atoms with Crippen molar-refractivity contribution in [2.24, 2.45) is 11.3 Å². The number of ether oxygens (including phenoxy) is 3. The molecule has 286 valence electrons. The van der Waals surface area contributed by atoms with Crippen LogP contribution >= 0.6 is 0 Å². The van der Waals surface area contributed by atoms with Gasteiger partial charge in [0.2, 0.25) is 21.8 Å². The summed E-state index contributed by atoms with van der Waals surface area (Å²) in [6, 6.07) is 14.4. The van der Waals surface area contributed by atoms with Gasteiger partial charge in [0.15, 0.2) is 0 Å². The number of pyridine rings is 1. The number of carbonyl (C=O) groups is 4. The zero-order chi connectivity index (χ0) is 39.0. The standard InChI is InChI=1S/C39H45N5O9S/c1-7-24-21-39(24,36(47)43-54(49,50)27-15-16-27)42-34(45)31-19-26(22-44(31)35(46)33(38(3,4)5)41-37(48)52-8-2)53-32-20-29(23-12-10-9-11-13-23)40-30-18-25(51-6)14-17-28(30)32/h7-14,17-18,20,24,26-27,31,33H,1-2,15-16,19,21-22H2,3-6H3,(H,41,48)(H,42,45)(H,43,47)/t24-,26-,31?,33-,39-/m1/s1. The van der Waals surface area contributed by atoms with Crippen LogP contribution in [0.15, 0.2) is 80.1 Å². The smallest absolute Gasteiger partial charge is 0.412 e. The molecule has 54 heavy (non-hydrogen) atoms. The summed E-state index contributed by atoms with van der Waals surface area (Å²) in [5.74, 6) is -1.62. The fourth-order valence-corrected chi connectivity index (χ4v) is 8.14. The zero-order valence-electron chi connectivity index (χ0n) is 30.7. The third-order valence-electron chi connectivity index (χ3n) is 10.0. The van der Waals surface area contributed by atoms with Gasteiger partial charge in [0.05, 0.1) is 36.4 Å².